The minimum Gasteiger partial charge on any atom is -0.198 e. The average Bonchev–Trinajstić information content (AvgIpc) is 2.18. The number of hydrogen-bond acceptors (Lipinski definition) is 3. The molecule has 0 aliphatic heterocycles. The number of para-hydroxylation sites is 1. The molecule has 15 heavy (non-hydrogen) atoms. The van der Waals surface area contributed by atoms with Gasteiger partial charge in [0.25, 0.3) is 0 Å². The predicted octanol–water partition coefficient (Wildman–Crippen LogP) is 4.06. The Morgan fingerprint density at radius 2 is 2.00 bits per heavy atom. The van der Waals surface area contributed by atoms with Gasteiger partial charge in [0, 0.05) is 11.1 Å². The van der Waals surface area contributed by atoms with Gasteiger partial charge >= 0.3 is 0 Å². The summed E-state index contributed by atoms with van der Waals surface area (Å²) in [5, 5.41) is 0.503. The summed E-state index contributed by atoms with van der Waals surface area (Å²) in [4.78, 5) is 4.11. The number of thiol groups is 1. The molecule has 0 heterocycles. The largest absolute Gasteiger partial charge is 0.198 e. The van der Waals surface area contributed by atoms with Crippen LogP contribution in [0.1, 0.15) is 13.8 Å². The molecule has 0 N–H and O–H groups in total. The third-order valence-corrected chi connectivity index (χ3v) is 2.68. The standard InChI is InChI=1S/C12H13NS2/c1-10(2)15-12(14)8-9-13-11-6-4-3-5-7-11/h3-7,10,14H,1-2H3. The Bertz CT molecular complexity index is 397. The van der Waals surface area contributed by atoms with Gasteiger partial charge in [-0.3, -0.25) is 0 Å². The van der Waals surface area contributed by atoms with Gasteiger partial charge in [-0.15, -0.1) is 24.4 Å². The molecule has 0 fully saturated rings. The van der Waals surface area contributed by atoms with E-state index in [1.807, 2.05) is 30.3 Å². The molecule has 1 nitrogen and oxygen atoms in total. The molecule has 78 valence electrons. The van der Waals surface area contributed by atoms with Gasteiger partial charge in [0.1, 0.15) is 0 Å². The average molecular weight is 235 g/mol. The molecule has 0 amide bonds. The van der Waals surface area contributed by atoms with E-state index in [1.54, 1.807) is 11.8 Å². The predicted molar refractivity (Wildman–Crippen MR) is 72.3 cm³/mol. The van der Waals surface area contributed by atoms with Gasteiger partial charge in [-0.25, -0.2) is 0 Å². The van der Waals surface area contributed by atoms with E-state index in [-0.39, 0.29) is 0 Å². The Balaban J connectivity index is 2.76. The van der Waals surface area contributed by atoms with E-state index >= 15 is 0 Å². The summed E-state index contributed by atoms with van der Waals surface area (Å²) in [5.74, 6) is 2.75. The van der Waals surface area contributed by atoms with Crippen molar-refractivity contribution in [3.63, 3.8) is 0 Å². The fourth-order valence-electron chi connectivity index (χ4n) is 0.896. The fraction of sp³-hybridized carbons (Fsp3) is 0.250. The van der Waals surface area contributed by atoms with Crippen molar-refractivity contribution in [3.05, 3.63) is 40.3 Å². The van der Waals surface area contributed by atoms with Crippen molar-refractivity contribution < 1.29 is 0 Å². The van der Waals surface area contributed by atoms with Crippen LogP contribution in [0.5, 0.6) is 0 Å². The van der Waals surface area contributed by atoms with Gasteiger partial charge in [0.2, 0.25) is 0 Å². The summed E-state index contributed by atoms with van der Waals surface area (Å²) in [6.07, 6.45) is 0. The Kier molecular flexibility index (Phi) is 5.38. The van der Waals surface area contributed by atoms with Crippen molar-refractivity contribution in [1.29, 1.82) is 0 Å². The van der Waals surface area contributed by atoms with Crippen LogP contribution in [0.25, 0.3) is 0 Å². The van der Waals surface area contributed by atoms with Crippen molar-refractivity contribution in [1.82, 2.24) is 0 Å². The highest BCUT2D eigenvalue weighted by atomic mass is 32.2. The normalized spacial score (nSPS) is 9.33. The topological polar surface area (TPSA) is 12.4 Å². The lowest BCUT2D eigenvalue weighted by Crippen LogP contribution is -1.82. The first-order chi connectivity index (χ1) is 7.18. The zero-order valence-corrected chi connectivity index (χ0v) is 10.5. The van der Waals surface area contributed by atoms with Crippen molar-refractivity contribution in [3.8, 4) is 0 Å². The molecule has 1 rings (SSSR count). The molecule has 0 radical (unpaired) electrons. The molecule has 0 saturated heterocycles. The second kappa shape index (κ2) is 6.60. The van der Waals surface area contributed by atoms with E-state index in [0.29, 0.717) is 5.25 Å². The van der Waals surface area contributed by atoms with Crippen LogP contribution in [0.3, 0.4) is 0 Å². The number of hydrogen-bond donors (Lipinski definition) is 1. The highest BCUT2D eigenvalue weighted by Gasteiger charge is 1.94. The Hall–Kier alpha value is -0.850. The summed E-state index contributed by atoms with van der Waals surface area (Å²) in [6, 6.07) is 9.67. The smallest absolute Gasteiger partial charge is 0.0896 e. The lowest BCUT2D eigenvalue weighted by molar-refractivity contribution is 1.12. The van der Waals surface area contributed by atoms with E-state index in [0.717, 1.165) is 9.92 Å². The summed E-state index contributed by atoms with van der Waals surface area (Å²) >= 11 is 5.90. The molecular formula is C12H13NS2. The molecule has 0 aromatic heterocycles. The maximum Gasteiger partial charge on any atom is 0.0896 e. The number of aliphatic imine (C=N–C) groups is 1. The minimum atomic E-state index is 0.503. The van der Waals surface area contributed by atoms with Crippen molar-refractivity contribution in [2.75, 3.05) is 0 Å². The summed E-state index contributed by atoms with van der Waals surface area (Å²) in [7, 11) is 0. The monoisotopic (exact) mass is 235 g/mol. The van der Waals surface area contributed by atoms with Crippen LogP contribution in [-0.2, 0) is 0 Å². The zero-order valence-electron chi connectivity index (χ0n) is 8.77. The van der Waals surface area contributed by atoms with Crippen LogP contribution in [0.2, 0.25) is 0 Å². The zero-order chi connectivity index (χ0) is 11.1. The molecule has 1 aromatic rings. The summed E-state index contributed by atoms with van der Waals surface area (Å²) < 4.78 is 0.810. The molecule has 0 bridgehead atoms. The number of benzene rings is 1. The van der Waals surface area contributed by atoms with E-state index in [4.69, 9.17) is 0 Å². The third-order valence-electron chi connectivity index (χ3n) is 1.45. The first kappa shape index (κ1) is 12.2. The molecule has 1 aromatic carbocycles. The van der Waals surface area contributed by atoms with Crippen molar-refractivity contribution >= 4 is 35.9 Å². The SMILES string of the molecule is CC(C)SC(S)=C=C=Nc1ccccc1. The molecule has 0 atom stereocenters. The van der Waals surface area contributed by atoms with E-state index in [2.05, 4.69) is 43.1 Å². The first-order valence-corrected chi connectivity index (χ1v) is 6.00. The first-order valence-electron chi connectivity index (χ1n) is 4.68. The van der Waals surface area contributed by atoms with Gasteiger partial charge in [-0.1, -0.05) is 32.0 Å². The van der Waals surface area contributed by atoms with Crippen molar-refractivity contribution in [2.24, 2.45) is 4.99 Å². The lowest BCUT2D eigenvalue weighted by Gasteiger charge is -1.98. The van der Waals surface area contributed by atoms with Gasteiger partial charge in [-0.05, 0) is 17.9 Å². The van der Waals surface area contributed by atoms with Gasteiger partial charge in [-0.2, -0.15) is 4.99 Å². The molecule has 0 spiro atoms. The molecule has 0 aliphatic rings. The van der Waals surface area contributed by atoms with Crippen LogP contribution in [0, 0.1) is 0 Å². The highest BCUT2D eigenvalue weighted by molar-refractivity contribution is 8.15. The maximum atomic E-state index is 4.26. The Morgan fingerprint density at radius 1 is 1.33 bits per heavy atom. The number of nitrogens with zero attached hydrogens (tertiary/aromatic N) is 1. The van der Waals surface area contributed by atoms with Crippen molar-refractivity contribution in [2.45, 2.75) is 19.1 Å². The van der Waals surface area contributed by atoms with Gasteiger partial charge in [0.15, 0.2) is 0 Å². The van der Waals surface area contributed by atoms with E-state index in [1.165, 1.54) is 0 Å². The summed E-state index contributed by atoms with van der Waals surface area (Å²) in [6.45, 7) is 4.22. The van der Waals surface area contributed by atoms with Crippen LogP contribution in [-0.4, -0.2) is 11.1 Å². The molecule has 3 heteroatoms. The second-order valence-corrected chi connectivity index (χ2v) is 5.49. The fourth-order valence-corrected chi connectivity index (χ4v) is 2.13. The molecule has 0 aliphatic carbocycles. The quantitative estimate of drug-likeness (QED) is 0.473. The lowest BCUT2D eigenvalue weighted by atomic mass is 10.3. The van der Waals surface area contributed by atoms with Crippen LogP contribution < -0.4 is 0 Å². The van der Waals surface area contributed by atoms with Gasteiger partial charge < -0.3 is 0 Å². The molecule has 0 saturated carbocycles. The van der Waals surface area contributed by atoms with E-state index < -0.39 is 0 Å². The minimum absolute atomic E-state index is 0.503. The van der Waals surface area contributed by atoms with Crippen LogP contribution in [0.15, 0.2) is 45.3 Å². The Morgan fingerprint density at radius 3 is 2.60 bits per heavy atom. The van der Waals surface area contributed by atoms with Crippen LogP contribution in [0.4, 0.5) is 5.69 Å². The number of rotatable bonds is 3. The van der Waals surface area contributed by atoms with Crippen LogP contribution >= 0.6 is 24.4 Å². The molecule has 0 unspecified atom stereocenters. The maximum absolute atomic E-state index is 4.26. The molecular weight excluding hydrogens is 222 g/mol. The Labute approximate surface area is 100 Å². The third kappa shape index (κ3) is 5.56. The van der Waals surface area contributed by atoms with Gasteiger partial charge in [0.05, 0.1) is 9.92 Å². The summed E-state index contributed by atoms with van der Waals surface area (Å²) in [5.41, 5.74) is 3.77. The number of thioether (sulfide) groups is 1. The highest BCUT2D eigenvalue weighted by Crippen LogP contribution is 2.22. The second-order valence-electron chi connectivity index (χ2n) is 3.16. The van der Waals surface area contributed by atoms with E-state index in [9.17, 15) is 0 Å².